The fourth-order valence-corrected chi connectivity index (χ4v) is 3.64. The van der Waals surface area contributed by atoms with E-state index in [1.165, 1.54) is 6.20 Å². The highest BCUT2D eigenvalue weighted by Gasteiger charge is 2.35. The summed E-state index contributed by atoms with van der Waals surface area (Å²) >= 11 is 0. The third-order valence-electron chi connectivity index (χ3n) is 5.11. The average Bonchev–Trinajstić information content (AvgIpc) is 3.00. The number of carbonyl (C=O) groups is 2. The Bertz CT molecular complexity index is 1370. The number of aromatic amines is 1. The Morgan fingerprint density at radius 3 is 2.30 bits per heavy atom. The van der Waals surface area contributed by atoms with Gasteiger partial charge in [-0.2, -0.15) is 5.10 Å². The molecule has 2 amide bonds. The van der Waals surface area contributed by atoms with Gasteiger partial charge in [-0.25, -0.2) is 5.10 Å². The first-order valence-corrected chi connectivity index (χ1v) is 9.14. The van der Waals surface area contributed by atoms with Crippen LogP contribution < -0.4 is 5.56 Å². The van der Waals surface area contributed by atoms with Gasteiger partial charge in [0.05, 0.1) is 34.9 Å². The Kier molecular flexibility index (Phi) is 3.92. The lowest BCUT2D eigenvalue weighted by molar-refractivity contribution is 0.0640. The second-order valence-electron chi connectivity index (χ2n) is 6.93. The molecule has 2 N–H and O–H groups in total. The van der Waals surface area contributed by atoms with Crippen LogP contribution in [0.25, 0.3) is 21.9 Å². The monoisotopic (exact) mass is 398 g/mol. The van der Waals surface area contributed by atoms with Crippen molar-refractivity contribution < 1.29 is 14.7 Å². The minimum atomic E-state index is -0.398. The number of nitrogens with zero attached hydrogens (tertiary/aromatic N) is 3. The van der Waals surface area contributed by atoms with Crippen molar-refractivity contribution in [1.29, 1.82) is 0 Å². The molecule has 0 bridgehead atoms. The van der Waals surface area contributed by atoms with Gasteiger partial charge in [0.25, 0.3) is 17.4 Å². The third-order valence-corrected chi connectivity index (χ3v) is 5.11. The summed E-state index contributed by atoms with van der Waals surface area (Å²) in [5.41, 5.74) is 2.07. The molecule has 8 nitrogen and oxygen atoms in total. The van der Waals surface area contributed by atoms with Crippen molar-refractivity contribution in [3.63, 3.8) is 0 Å². The van der Waals surface area contributed by atoms with Crippen molar-refractivity contribution in [2.24, 2.45) is 0 Å². The van der Waals surface area contributed by atoms with Crippen LogP contribution in [0.3, 0.4) is 0 Å². The molecule has 0 radical (unpaired) electrons. The van der Waals surface area contributed by atoms with Gasteiger partial charge < -0.3 is 5.11 Å². The summed E-state index contributed by atoms with van der Waals surface area (Å²) in [7, 11) is 0. The number of aromatic hydroxyl groups is 1. The van der Waals surface area contributed by atoms with Crippen LogP contribution in [0, 0.1) is 0 Å². The zero-order valence-corrected chi connectivity index (χ0v) is 15.5. The van der Waals surface area contributed by atoms with Crippen LogP contribution in [-0.4, -0.2) is 37.0 Å². The lowest BCUT2D eigenvalue weighted by Gasteiger charge is -2.15. The van der Waals surface area contributed by atoms with E-state index in [0.29, 0.717) is 38.7 Å². The standard InChI is InChI=1S/C22H14N4O4/c27-14-7-13(9-23-10-14)12-5-6-15-18(8-12)19(24-25-20(15)28)11-26-21(29)16-3-1-2-4-17(16)22(26)30/h1-10,27H,11H2,(H,25,28). The number of aromatic nitrogens is 3. The lowest BCUT2D eigenvalue weighted by atomic mass is 10.0. The average molecular weight is 398 g/mol. The molecule has 146 valence electrons. The molecule has 5 rings (SSSR count). The zero-order valence-electron chi connectivity index (χ0n) is 15.5. The number of nitrogens with one attached hydrogen (secondary N) is 1. The predicted molar refractivity (Wildman–Crippen MR) is 108 cm³/mol. The number of benzene rings is 2. The maximum absolute atomic E-state index is 12.7. The first-order valence-electron chi connectivity index (χ1n) is 9.14. The fraction of sp³-hybridized carbons (Fsp3) is 0.0455. The van der Waals surface area contributed by atoms with E-state index < -0.39 is 11.8 Å². The molecule has 8 heteroatoms. The molecule has 0 spiro atoms. The number of H-pyrrole nitrogens is 1. The molecular formula is C22H14N4O4. The highest BCUT2D eigenvalue weighted by Crippen LogP contribution is 2.28. The van der Waals surface area contributed by atoms with Crippen LogP contribution in [0.5, 0.6) is 5.75 Å². The number of amides is 2. The molecule has 0 saturated carbocycles. The summed E-state index contributed by atoms with van der Waals surface area (Å²) in [5.74, 6) is -0.780. The van der Waals surface area contributed by atoms with Crippen molar-refractivity contribution in [2.75, 3.05) is 0 Å². The topological polar surface area (TPSA) is 116 Å². The minimum Gasteiger partial charge on any atom is -0.506 e. The summed E-state index contributed by atoms with van der Waals surface area (Å²) in [5, 5.41) is 17.1. The van der Waals surface area contributed by atoms with Gasteiger partial charge >= 0.3 is 0 Å². The van der Waals surface area contributed by atoms with Crippen LogP contribution in [0.1, 0.15) is 26.4 Å². The molecule has 1 aliphatic heterocycles. The lowest BCUT2D eigenvalue weighted by Crippen LogP contribution is -2.30. The first-order chi connectivity index (χ1) is 14.5. The van der Waals surface area contributed by atoms with E-state index in [1.807, 2.05) is 0 Å². The Hall–Kier alpha value is -4.33. The highest BCUT2D eigenvalue weighted by atomic mass is 16.3. The number of rotatable bonds is 3. The molecule has 0 saturated heterocycles. The highest BCUT2D eigenvalue weighted by molar-refractivity contribution is 6.21. The number of hydrogen-bond acceptors (Lipinski definition) is 6. The maximum atomic E-state index is 12.7. The van der Waals surface area contributed by atoms with Crippen LogP contribution in [0.2, 0.25) is 0 Å². The summed E-state index contributed by atoms with van der Waals surface area (Å²) in [6, 6.07) is 13.3. The Morgan fingerprint density at radius 1 is 0.867 bits per heavy atom. The Balaban J connectivity index is 1.61. The van der Waals surface area contributed by atoms with E-state index in [0.717, 1.165) is 4.90 Å². The van der Waals surface area contributed by atoms with Crippen LogP contribution in [0.15, 0.2) is 65.7 Å². The van der Waals surface area contributed by atoms with E-state index in [4.69, 9.17) is 0 Å². The molecule has 30 heavy (non-hydrogen) atoms. The van der Waals surface area contributed by atoms with Crippen LogP contribution in [0.4, 0.5) is 0 Å². The number of fused-ring (bicyclic) bond motifs is 2. The van der Waals surface area contributed by atoms with Gasteiger partial charge in [-0.3, -0.25) is 24.3 Å². The smallest absolute Gasteiger partial charge is 0.272 e. The molecule has 0 unspecified atom stereocenters. The van der Waals surface area contributed by atoms with Gasteiger partial charge in [0, 0.05) is 17.1 Å². The second-order valence-corrected chi connectivity index (χ2v) is 6.93. The van der Waals surface area contributed by atoms with E-state index in [2.05, 4.69) is 15.2 Å². The molecular weight excluding hydrogens is 384 g/mol. The number of hydrogen-bond donors (Lipinski definition) is 2. The van der Waals surface area contributed by atoms with Crippen molar-refractivity contribution >= 4 is 22.6 Å². The zero-order chi connectivity index (χ0) is 20.8. The summed E-state index contributed by atoms with van der Waals surface area (Å²) in [4.78, 5) is 42.8. The molecule has 0 aliphatic carbocycles. The predicted octanol–water partition coefficient (Wildman–Crippen LogP) is 2.49. The van der Waals surface area contributed by atoms with Crippen molar-refractivity contribution in [2.45, 2.75) is 6.54 Å². The Morgan fingerprint density at radius 2 is 1.60 bits per heavy atom. The third kappa shape index (κ3) is 2.74. The van der Waals surface area contributed by atoms with Gasteiger partial charge in [0.1, 0.15) is 5.75 Å². The molecule has 4 aromatic rings. The van der Waals surface area contributed by atoms with Crippen LogP contribution in [-0.2, 0) is 6.54 Å². The number of carbonyl (C=O) groups excluding carboxylic acids is 2. The van der Waals surface area contributed by atoms with Crippen LogP contribution >= 0.6 is 0 Å². The van der Waals surface area contributed by atoms with Gasteiger partial charge in [-0.1, -0.05) is 18.2 Å². The molecule has 3 heterocycles. The summed E-state index contributed by atoms with van der Waals surface area (Å²) < 4.78 is 0. The number of imide groups is 1. The summed E-state index contributed by atoms with van der Waals surface area (Å²) in [6.07, 6.45) is 2.91. The van der Waals surface area contributed by atoms with Gasteiger partial charge in [0.15, 0.2) is 0 Å². The van der Waals surface area contributed by atoms with E-state index in [-0.39, 0.29) is 17.9 Å². The normalized spacial score (nSPS) is 13.1. The SMILES string of the molecule is O=C1c2ccccc2C(=O)N1Cc1n[nH]c(=O)c2ccc(-c3cncc(O)c3)cc12. The van der Waals surface area contributed by atoms with Gasteiger partial charge in [-0.15, -0.1) is 0 Å². The number of pyridine rings is 1. The molecule has 0 fully saturated rings. The van der Waals surface area contributed by atoms with Crippen molar-refractivity contribution in [3.05, 3.63) is 88.1 Å². The molecule has 0 atom stereocenters. The largest absolute Gasteiger partial charge is 0.506 e. The van der Waals surface area contributed by atoms with E-state index >= 15 is 0 Å². The molecule has 1 aliphatic rings. The fourth-order valence-electron chi connectivity index (χ4n) is 3.64. The van der Waals surface area contributed by atoms with Crippen molar-refractivity contribution in [1.82, 2.24) is 20.1 Å². The summed E-state index contributed by atoms with van der Waals surface area (Å²) in [6.45, 7) is -0.0820. The van der Waals surface area contributed by atoms with E-state index in [9.17, 15) is 19.5 Å². The maximum Gasteiger partial charge on any atom is 0.272 e. The molecule has 2 aromatic carbocycles. The second kappa shape index (κ2) is 6.63. The quantitative estimate of drug-likeness (QED) is 0.512. The minimum absolute atomic E-state index is 0.0166. The molecule has 2 aromatic heterocycles. The van der Waals surface area contributed by atoms with Gasteiger partial charge in [0.2, 0.25) is 0 Å². The van der Waals surface area contributed by atoms with Crippen molar-refractivity contribution in [3.8, 4) is 16.9 Å². The Labute approximate surface area is 169 Å². The van der Waals surface area contributed by atoms with Gasteiger partial charge in [-0.05, 0) is 35.9 Å². The first kappa shape index (κ1) is 17.7. The van der Waals surface area contributed by atoms with E-state index in [1.54, 1.807) is 54.7 Å².